The third-order valence-corrected chi connectivity index (χ3v) is 4.50. The molecule has 30 heavy (non-hydrogen) atoms. The van der Waals surface area contributed by atoms with Gasteiger partial charge in [0, 0.05) is 25.0 Å². The molecule has 6 nitrogen and oxygen atoms in total. The van der Waals surface area contributed by atoms with Crippen LogP contribution in [0.3, 0.4) is 0 Å². The van der Waals surface area contributed by atoms with Crippen molar-refractivity contribution in [1.82, 2.24) is 9.97 Å². The number of halogens is 3. The fourth-order valence-corrected chi connectivity index (χ4v) is 2.92. The quantitative estimate of drug-likeness (QED) is 0.645. The Kier molecular flexibility index (Phi) is 5.91. The molecule has 3 rings (SSSR count). The van der Waals surface area contributed by atoms with E-state index in [2.05, 4.69) is 15.3 Å². The smallest absolute Gasteiger partial charge is 0.416 e. The molecule has 2 aromatic heterocycles. The number of benzene rings is 1. The number of ether oxygens (including phenoxy) is 1. The van der Waals surface area contributed by atoms with Crippen molar-refractivity contribution in [2.24, 2.45) is 0 Å². The van der Waals surface area contributed by atoms with Gasteiger partial charge in [-0.25, -0.2) is 4.98 Å². The monoisotopic (exact) mass is 416 g/mol. The highest BCUT2D eigenvalue weighted by atomic mass is 19.4. The number of methoxy groups -OCH3 is 1. The first-order chi connectivity index (χ1) is 14.2. The second-order valence-corrected chi connectivity index (χ2v) is 6.40. The fourth-order valence-electron chi connectivity index (χ4n) is 2.92. The fraction of sp³-hybridized carbons (Fsp3) is 0.190. The van der Waals surface area contributed by atoms with E-state index in [0.29, 0.717) is 17.5 Å². The largest absolute Gasteiger partial charge is 0.481 e. The van der Waals surface area contributed by atoms with Crippen molar-refractivity contribution in [2.75, 3.05) is 24.4 Å². The first kappa shape index (κ1) is 21.1. The van der Waals surface area contributed by atoms with Gasteiger partial charge in [-0.15, -0.1) is 0 Å². The molecule has 0 radical (unpaired) electrons. The standard InChI is InChI=1S/C21H19F3N4O2/c1-13-15(21(22,23)24)8-4-9-16(13)26-20(29)14-7-6-12-25-19(14)28(2)17-10-5-11-18(27-17)30-3/h4-12H,1-3H3,(H,26,29). The van der Waals surface area contributed by atoms with Gasteiger partial charge in [0.1, 0.15) is 11.6 Å². The van der Waals surface area contributed by atoms with E-state index in [0.717, 1.165) is 6.07 Å². The molecule has 9 heteroatoms. The number of anilines is 3. The molecular formula is C21H19F3N4O2. The van der Waals surface area contributed by atoms with Gasteiger partial charge in [0.15, 0.2) is 0 Å². The predicted octanol–water partition coefficient (Wildman–Crippen LogP) is 4.83. The maximum absolute atomic E-state index is 13.2. The van der Waals surface area contributed by atoms with E-state index in [1.807, 2.05) is 0 Å². The Hall–Kier alpha value is -3.62. The summed E-state index contributed by atoms with van der Waals surface area (Å²) < 4.78 is 44.6. The normalized spacial score (nSPS) is 11.1. The lowest BCUT2D eigenvalue weighted by Gasteiger charge is -2.21. The molecule has 0 fully saturated rings. The summed E-state index contributed by atoms with van der Waals surface area (Å²) in [6, 6.07) is 11.9. The van der Waals surface area contributed by atoms with Crippen molar-refractivity contribution in [2.45, 2.75) is 13.1 Å². The van der Waals surface area contributed by atoms with Gasteiger partial charge in [-0.05, 0) is 42.8 Å². The van der Waals surface area contributed by atoms with E-state index >= 15 is 0 Å². The molecular weight excluding hydrogens is 397 g/mol. The van der Waals surface area contributed by atoms with Crippen LogP contribution in [0.25, 0.3) is 0 Å². The molecule has 3 aromatic rings. The van der Waals surface area contributed by atoms with Crippen LogP contribution in [0.5, 0.6) is 5.88 Å². The maximum atomic E-state index is 13.2. The Morgan fingerprint density at radius 1 is 1.10 bits per heavy atom. The molecule has 0 saturated heterocycles. The highest BCUT2D eigenvalue weighted by molar-refractivity contribution is 6.08. The summed E-state index contributed by atoms with van der Waals surface area (Å²) in [5, 5.41) is 2.56. The molecule has 0 aliphatic heterocycles. The number of nitrogens with zero attached hydrogens (tertiary/aromatic N) is 3. The lowest BCUT2D eigenvalue weighted by Crippen LogP contribution is -2.21. The van der Waals surface area contributed by atoms with E-state index in [1.54, 1.807) is 36.2 Å². The zero-order chi connectivity index (χ0) is 21.9. The lowest BCUT2D eigenvalue weighted by molar-refractivity contribution is -0.138. The van der Waals surface area contributed by atoms with Crippen molar-refractivity contribution < 1.29 is 22.7 Å². The van der Waals surface area contributed by atoms with Crippen LogP contribution in [0.1, 0.15) is 21.5 Å². The van der Waals surface area contributed by atoms with Crippen LogP contribution in [-0.4, -0.2) is 30.0 Å². The first-order valence-corrected chi connectivity index (χ1v) is 8.90. The van der Waals surface area contributed by atoms with E-state index in [1.165, 1.54) is 38.4 Å². The number of alkyl halides is 3. The van der Waals surface area contributed by atoms with E-state index in [-0.39, 0.29) is 16.8 Å². The summed E-state index contributed by atoms with van der Waals surface area (Å²) in [6.07, 6.45) is -3.00. The van der Waals surface area contributed by atoms with Gasteiger partial charge in [-0.1, -0.05) is 12.1 Å². The van der Waals surface area contributed by atoms with Crippen LogP contribution in [0.2, 0.25) is 0 Å². The first-order valence-electron chi connectivity index (χ1n) is 8.90. The minimum absolute atomic E-state index is 0.0633. The Morgan fingerprint density at radius 3 is 2.53 bits per heavy atom. The maximum Gasteiger partial charge on any atom is 0.416 e. The van der Waals surface area contributed by atoms with Crippen LogP contribution in [0, 0.1) is 6.92 Å². The summed E-state index contributed by atoms with van der Waals surface area (Å²) in [4.78, 5) is 23.1. The van der Waals surface area contributed by atoms with Crippen molar-refractivity contribution in [3.05, 3.63) is 71.4 Å². The number of nitrogens with one attached hydrogen (secondary N) is 1. The van der Waals surface area contributed by atoms with Crippen molar-refractivity contribution in [3.8, 4) is 5.88 Å². The average molecular weight is 416 g/mol. The third kappa shape index (κ3) is 4.35. The van der Waals surface area contributed by atoms with Crippen LogP contribution >= 0.6 is 0 Å². The Labute approximate surface area is 171 Å². The summed E-state index contributed by atoms with van der Waals surface area (Å²) in [5.74, 6) is 0.578. The summed E-state index contributed by atoms with van der Waals surface area (Å²) in [5.41, 5.74) is -0.607. The molecule has 0 aliphatic carbocycles. The molecule has 0 bridgehead atoms. The topological polar surface area (TPSA) is 67.3 Å². The molecule has 2 heterocycles. The van der Waals surface area contributed by atoms with Gasteiger partial charge in [0.2, 0.25) is 5.88 Å². The Balaban J connectivity index is 1.94. The number of hydrogen-bond donors (Lipinski definition) is 1. The van der Waals surface area contributed by atoms with Gasteiger partial charge in [-0.2, -0.15) is 18.2 Å². The minimum Gasteiger partial charge on any atom is -0.481 e. The van der Waals surface area contributed by atoms with Crippen LogP contribution in [0.15, 0.2) is 54.7 Å². The van der Waals surface area contributed by atoms with Crippen molar-refractivity contribution in [1.29, 1.82) is 0 Å². The van der Waals surface area contributed by atoms with Crippen LogP contribution in [0.4, 0.5) is 30.5 Å². The van der Waals surface area contributed by atoms with E-state index in [4.69, 9.17) is 4.74 Å². The molecule has 0 aliphatic rings. The van der Waals surface area contributed by atoms with Crippen LogP contribution < -0.4 is 15.0 Å². The molecule has 0 saturated carbocycles. The van der Waals surface area contributed by atoms with E-state index < -0.39 is 17.6 Å². The molecule has 1 amide bonds. The SMILES string of the molecule is COc1cccc(N(C)c2ncccc2C(=O)Nc2cccc(C(F)(F)F)c2C)n1. The van der Waals surface area contributed by atoms with E-state index in [9.17, 15) is 18.0 Å². The molecule has 0 atom stereocenters. The van der Waals surface area contributed by atoms with Gasteiger partial charge < -0.3 is 15.0 Å². The highest BCUT2D eigenvalue weighted by Crippen LogP contribution is 2.35. The summed E-state index contributed by atoms with van der Waals surface area (Å²) >= 11 is 0. The van der Waals surface area contributed by atoms with Gasteiger partial charge >= 0.3 is 6.18 Å². The minimum atomic E-state index is -4.51. The molecule has 1 N–H and O–H groups in total. The number of rotatable bonds is 5. The summed E-state index contributed by atoms with van der Waals surface area (Å²) in [6.45, 7) is 1.31. The Morgan fingerprint density at radius 2 is 1.83 bits per heavy atom. The van der Waals surface area contributed by atoms with Gasteiger partial charge in [-0.3, -0.25) is 4.79 Å². The third-order valence-electron chi connectivity index (χ3n) is 4.50. The Bertz CT molecular complexity index is 1070. The lowest BCUT2D eigenvalue weighted by atomic mass is 10.1. The molecule has 1 aromatic carbocycles. The van der Waals surface area contributed by atoms with Crippen molar-refractivity contribution in [3.63, 3.8) is 0 Å². The van der Waals surface area contributed by atoms with Crippen LogP contribution in [-0.2, 0) is 6.18 Å². The molecule has 0 unspecified atom stereocenters. The molecule has 0 spiro atoms. The van der Waals surface area contributed by atoms with Crippen molar-refractivity contribution >= 4 is 23.2 Å². The number of aromatic nitrogens is 2. The highest BCUT2D eigenvalue weighted by Gasteiger charge is 2.33. The number of hydrogen-bond acceptors (Lipinski definition) is 5. The number of carbonyl (C=O) groups excluding carboxylic acids is 1. The molecule has 156 valence electrons. The summed E-state index contributed by atoms with van der Waals surface area (Å²) in [7, 11) is 3.17. The second kappa shape index (κ2) is 8.40. The second-order valence-electron chi connectivity index (χ2n) is 6.40. The average Bonchev–Trinajstić information content (AvgIpc) is 2.73. The number of amides is 1. The zero-order valence-corrected chi connectivity index (χ0v) is 16.5. The zero-order valence-electron chi connectivity index (χ0n) is 16.5. The van der Waals surface area contributed by atoms with Gasteiger partial charge in [0.05, 0.1) is 18.2 Å². The predicted molar refractivity (Wildman–Crippen MR) is 107 cm³/mol. The number of carbonyl (C=O) groups is 1. The number of pyridine rings is 2. The van der Waals surface area contributed by atoms with Gasteiger partial charge in [0.25, 0.3) is 5.91 Å².